The number of benzene rings is 1. The zero-order chi connectivity index (χ0) is 22.0. The van der Waals surface area contributed by atoms with Crippen LogP contribution >= 0.6 is 0 Å². The summed E-state index contributed by atoms with van der Waals surface area (Å²) < 4.78 is 6.44. The van der Waals surface area contributed by atoms with Gasteiger partial charge in [-0.2, -0.15) is 15.0 Å². The van der Waals surface area contributed by atoms with E-state index in [1.807, 2.05) is 6.92 Å². The molecule has 2 heterocycles. The van der Waals surface area contributed by atoms with Crippen LogP contribution in [0, 0.1) is 18.3 Å². The highest BCUT2D eigenvalue weighted by Crippen LogP contribution is 2.39. The summed E-state index contributed by atoms with van der Waals surface area (Å²) in [4.78, 5) is 16.9. The van der Waals surface area contributed by atoms with Crippen LogP contribution < -0.4 is 5.32 Å². The Morgan fingerprint density at radius 3 is 2.71 bits per heavy atom. The first-order valence-electron chi connectivity index (χ1n) is 10.0. The number of hydrogen-bond acceptors (Lipinski definition) is 6. The van der Waals surface area contributed by atoms with Crippen molar-refractivity contribution >= 4 is 5.91 Å². The Balaban J connectivity index is 1.53. The van der Waals surface area contributed by atoms with E-state index in [4.69, 9.17) is 10.00 Å². The van der Waals surface area contributed by atoms with Crippen LogP contribution in [0.3, 0.4) is 0 Å². The maximum absolute atomic E-state index is 12.6. The summed E-state index contributed by atoms with van der Waals surface area (Å²) in [5.74, 6) is 0.160. The second-order valence-electron chi connectivity index (χ2n) is 7.82. The number of rotatable bonds is 7. The van der Waals surface area contributed by atoms with Gasteiger partial charge in [-0.1, -0.05) is 6.07 Å². The Bertz CT molecular complexity index is 1160. The molecule has 4 rings (SSSR count). The number of carbonyl (C=O) groups excluding carboxylic acids is 1. The lowest BCUT2D eigenvalue weighted by Gasteiger charge is -2.16. The standard InChI is InChI=1S/C23H23N5O3/c1-15-11-16(12-24)3-5-18(15)19-14-26-28(22(19)30)20-6-4-17(13-25-20)21(29)27-23(7-8-23)9-10-31-2/h3-6,11,13-14,30H,7-10H2,1-2H3,(H,27,29). The number of pyridine rings is 1. The minimum atomic E-state index is -0.175. The van der Waals surface area contributed by atoms with Crippen LogP contribution in [-0.2, 0) is 4.74 Å². The Labute approximate surface area is 180 Å². The molecule has 0 atom stereocenters. The number of carbonyl (C=O) groups is 1. The van der Waals surface area contributed by atoms with Gasteiger partial charge in [-0.3, -0.25) is 4.79 Å². The topological polar surface area (TPSA) is 113 Å². The van der Waals surface area contributed by atoms with Gasteiger partial charge in [0.2, 0.25) is 5.88 Å². The summed E-state index contributed by atoms with van der Waals surface area (Å²) in [5, 5.41) is 27.1. The van der Waals surface area contributed by atoms with Gasteiger partial charge in [-0.25, -0.2) is 4.98 Å². The monoisotopic (exact) mass is 417 g/mol. The van der Waals surface area contributed by atoms with Gasteiger partial charge in [0.25, 0.3) is 5.91 Å². The van der Waals surface area contributed by atoms with E-state index in [0.717, 1.165) is 30.4 Å². The molecule has 31 heavy (non-hydrogen) atoms. The molecule has 8 heteroatoms. The van der Waals surface area contributed by atoms with E-state index in [1.165, 1.54) is 10.9 Å². The molecule has 1 saturated carbocycles. The SMILES string of the molecule is COCCC1(NC(=O)c2ccc(-n3ncc(-c4ccc(C#N)cc4C)c3O)nc2)CC1. The van der Waals surface area contributed by atoms with Crippen molar-refractivity contribution in [1.29, 1.82) is 5.26 Å². The Hall–Kier alpha value is -3.70. The van der Waals surface area contributed by atoms with Crippen molar-refractivity contribution in [3.63, 3.8) is 0 Å². The molecule has 1 fully saturated rings. The van der Waals surface area contributed by atoms with Gasteiger partial charge in [0.05, 0.1) is 29.0 Å². The molecule has 1 aliphatic carbocycles. The molecule has 2 aromatic heterocycles. The molecule has 2 N–H and O–H groups in total. The van der Waals surface area contributed by atoms with E-state index in [1.54, 1.807) is 43.6 Å². The number of methoxy groups -OCH3 is 1. The molecule has 8 nitrogen and oxygen atoms in total. The predicted molar refractivity (Wildman–Crippen MR) is 114 cm³/mol. The van der Waals surface area contributed by atoms with E-state index < -0.39 is 0 Å². The zero-order valence-electron chi connectivity index (χ0n) is 17.4. The molecular weight excluding hydrogens is 394 g/mol. The van der Waals surface area contributed by atoms with Gasteiger partial charge >= 0.3 is 0 Å². The molecule has 0 unspecified atom stereocenters. The van der Waals surface area contributed by atoms with Crippen molar-refractivity contribution < 1.29 is 14.6 Å². The average molecular weight is 417 g/mol. The highest BCUT2D eigenvalue weighted by atomic mass is 16.5. The second kappa shape index (κ2) is 8.20. The van der Waals surface area contributed by atoms with Crippen LogP contribution in [0.15, 0.2) is 42.7 Å². The molecule has 3 aromatic rings. The number of aromatic hydroxyl groups is 1. The minimum absolute atomic E-state index is 0.0611. The fourth-order valence-corrected chi connectivity index (χ4v) is 3.58. The van der Waals surface area contributed by atoms with Crippen LogP contribution in [-0.4, -0.2) is 45.0 Å². The van der Waals surface area contributed by atoms with Crippen LogP contribution in [0.2, 0.25) is 0 Å². The van der Waals surface area contributed by atoms with Crippen molar-refractivity contribution in [3.8, 4) is 28.9 Å². The van der Waals surface area contributed by atoms with Crippen LogP contribution in [0.1, 0.15) is 40.7 Å². The summed E-state index contributed by atoms with van der Waals surface area (Å²) in [5.41, 5.74) is 3.02. The first kappa shape index (κ1) is 20.6. The summed E-state index contributed by atoms with van der Waals surface area (Å²) in [6.07, 6.45) is 5.72. The summed E-state index contributed by atoms with van der Waals surface area (Å²) >= 11 is 0. The molecule has 1 aliphatic rings. The first-order chi connectivity index (χ1) is 15.0. The number of aryl methyl sites for hydroxylation is 1. The van der Waals surface area contributed by atoms with Gasteiger partial charge in [0.15, 0.2) is 5.82 Å². The maximum atomic E-state index is 12.6. The Kier molecular flexibility index (Phi) is 5.44. The second-order valence-corrected chi connectivity index (χ2v) is 7.82. The third kappa shape index (κ3) is 4.13. The van der Waals surface area contributed by atoms with Crippen LogP contribution in [0.4, 0.5) is 0 Å². The third-order valence-electron chi connectivity index (χ3n) is 5.63. The van der Waals surface area contributed by atoms with Crippen LogP contribution in [0.25, 0.3) is 16.9 Å². The lowest BCUT2D eigenvalue weighted by Crippen LogP contribution is -2.37. The average Bonchev–Trinajstić information content (AvgIpc) is 3.44. The summed E-state index contributed by atoms with van der Waals surface area (Å²) in [6, 6.07) is 10.7. The number of nitrogens with zero attached hydrogens (tertiary/aromatic N) is 4. The zero-order valence-corrected chi connectivity index (χ0v) is 17.4. The first-order valence-corrected chi connectivity index (χ1v) is 10.0. The molecule has 0 spiro atoms. The van der Waals surface area contributed by atoms with Gasteiger partial charge in [-0.15, -0.1) is 0 Å². The minimum Gasteiger partial charge on any atom is -0.493 e. The van der Waals surface area contributed by atoms with Gasteiger partial charge in [-0.05, 0) is 61.6 Å². The lowest BCUT2D eigenvalue weighted by molar-refractivity contribution is 0.0916. The fraction of sp³-hybridized carbons (Fsp3) is 0.304. The molecule has 0 aliphatic heterocycles. The normalized spacial score (nSPS) is 14.1. The summed E-state index contributed by atoms with van der Waals surface area (Å²) in [7, 11) is 1.65. The fourth-order valence-electron chi connectivity index (χ4n) is 3.58. The third-order valence-corrected chi connectivity index (χ3v) is 5.63. The molecule has 0 radical (unpaired) electrons. The van der Waals surface area contributed by atoms with E-state index in [2.05, 4.69) is 21.5 Å². The van der Waals surface area contributed by atoms with Gasteiger partial charge in [0.1, 0.15) is 0 Å². The Morgan fingerprint density at radius 1 is 1.29 bits per heavy atom. The van der Waals surface area contributed by atoms with Crippen molar-refractivity contribution in [2.75, 3.05) is 13.7 Å². The molecule has 158 valence electrons. The van der Waals surface area contributed by atoms with E-state index in [0.29, 0.717) is 29.1 Å². The molecule has 1 aromatic carbocycles. The highest BCUT2D eigenvalue weighted by molar-refractivity contribution is 5.94. The summed E-state index contributed by atoms with van der Waals surface area (Å²) in [6.45, 7) is 2.48. The van der Waals surface area contributed by atoms with Crippen molar-refractivity contribution in [2.45, 2.75) is 31.7 Å². The molecule has 0 saturated heterocycles. The smallest absolute Gasteiger partial charge is 0.253 e. The quantitative estimate of drug-likeness (QED) is 0.611. The maximum Gasteiger partial charge on any atom is 0.253 e. The molecule has 1 amide bonds. The van der Waals surface area contributed by atoms with Crippen molar-refractivity contribution in [3.05, 3.63) is 59.4 Å². The van der Waals surface area contributed by atoms with E-state index >= 15 is 0 Å². The van der Waals surface area contributed by atoms with Gasteiger partial charge < -0.3 is 15.2 Å². The molecular formula is C23H23N5O3. The number of aromatic nitrogens is 3. The van der Waals surface area contributed by atoms with E-state index in [-0.39, 0.29) is 17.3 Å². The number of ether oxygens (including phenoxy) is 1. The predicted octanol–water partition coefficient (Wildman–Crippen LogP) is 3.12. The van der Waals surface area contributed by atoms with Gasteiger partial charge in [0, 0.05) is 25.5 Å². The van der Waals surface area contributed by atoms with E-state index in [9.17, 15) is 9.90 Å². The lowest BCUT2D eigenvalue weighted by atomic mass is 10.0. The number of hydrogen-bond donors (Lipinski definition) is 2. The largest absolute Gasteiger partial charge is 0.493 e. The van der Waals surface area contributed by atoms with Crippen molar-refractivity contribution in [1.82, 2.24) is 20.1 Å². The van der Waals surface area contributed by atoms with Crippen LogP contribution in [0.5, 0.6) is 5.88 Å². The molecule has 0 bridgehead atoms. The number of amides is 1. The number of nitriles is 1. The van der Waals surface area contributed by atoms with Crippen molar-refractivity contribution in [2.24, 2.45) is 0 Å². The Morgan fingerprint density at radius 2 is 2.10 bits per heavy atom. The number of nitrogens with one attached hydrogen (secondary N) is 1. The highest BCUT2D eigenvalue weighted by Gasteiger charge is 2.43.